The van der Waals surface area contributed by atoms with Gasteiger partial charge in [0.05, 0.1) is 23.6 Å². The molecule has 39 heavy (non-hydrogen) atoms. The number of amides is 1. The van der Waals surface area contributed by atoms with Crippen LogP contribution in [-0.4, -0.2) is 86.3 Å². The minimum atomic E-state index is -2.93. The number of aliphatic hydroxyl groups excluding tert-OH is 3. The van der Waals surface area contributed by atoms with E-state index in [0.717, 1.165) is 0 Å². The topological polar surface area (TPSA) is 194 Å². The van der Waals surface area contributed by atoms with Crippen LogP contribution in [0.5, 0.6) is 5.75 Å². The number of nitrogens with one attached hydrogen (secondary N) is 1. The summed E-state index contributed by atoms with van der Waals surface area (Å²) in [4.78, 5) is 40.8. The molecule has 0 aliphatic heterocycles. The molecule has 0 heterocycles. The summed E-state index contributed by atoms with van der Waals surface area (Å²) in [5, 5.41) is 60.0. The maximum Gasteiger partial charge on any atom is 0.255 e. The van der Waals surface area contributed by atoms with Gasteiger partial charge >= 0.3 is 0 Å². The molecule has 3 aliphatic rings. The minimum Gasteiger partial charge on any atom is -0.510 e. The molecule has 0 aromatic heterocycles. The Bertz CT molecular complexity index is 1320. The zero-order chi connectivity index (χ0) is 29.4. The monoisotopic (exact) mass is 543 g/mol. The standard InChI is InChI=1S/C28H37N3O8/c1-11-13-8-7-12(9-30-10-27(2,3)4)20(32)15(13)21(33)16-14(11)22(34)18-19(31(5)6)23(35)17(26(29)38)25(37)28(18,39)24(16)36/h7-8,11,14,18-19,22,30,32,34-36,39H,9-10H2,1-6H3,(H2,29,38)/t11-,14+,18+,19-,22-,28-/m1/s1. The van der Waals surface area contributed by atoms with Crippen LogP contribution in [0.25, 0.3) is 0 Å². The lowest BCUT2D eigenvalue weighted by Gasteiger charge is -2.53. The third kappa shape index (κ3) is 4.15. The average molecular weight is 544 g/mol. The van der Waals surface area contributed by atoms with Crippen LogP contribution in [0.2, 0.25) is 0 Å². The van der Waals surface area contributed by atoms with Crippen LogP contribution >= 0.6 is 0 Å². The molecule has 3 aliphatic carbocycles. The van der Waals surface area contributed by atoms with Crippen LogP contribution in [0.3, 0.4) is 0 Å². The van der Waals surface area contributed by atoms with Crippen molar-refractivity contribution in [1.29, 1.82) is 0 Å². The zero-order valence-electron chi connectivity index (χ0n) is 22.9. The molecule has 0 saturated carbocycles. The van der Waals surface area contributed by atoms with E-state index in [1.807, 2.05) is 20.8 Å². The number of ketones is 2. The van der Waals surface area contributed by atoms with Gasteiger partial charge in [0.1, 0.15) is 22.8 Å². The molecule has 6 atom stereocenters. The Labute approximate surface area is 226 Å². The first-order chi connectivity index (χ1) is 18.0. The predicted molar refractivity (Wildman–Crippen MR) is 141 cm³/mol. The van der Waals surface area contributed by atoms with Gasteiger partial charge in [0.25, 0.3) is 5.91 Å². The van der Waals surface area contributed by atoms with Gasteiger partial charge in [0.15, 0.2) is 11.4 Å². The van der Waals surface area contributed by atoms with Crippen molar-refractivity contribution in [1.82, 2.24) is 10.2 Å². The normalized spacial score (nSPS) is 30.8. The van der Waals surface area contributed by atoms with E-state index in [4.69, 9.17) is 5.73 Å². The number of aliphatic hydroxyl groups is 4. The van der Waals surface area contributed by atoms with Gasteiger partial charge in [0.2, 0.25) is 5.78 Å². The maximum absolute atomic E-state index is 13.9. The highest BCUT2D eigenvalue weighted by Crippen LogP contribution is 2.55. The summed E-state index contributed by atoms with van der Waals surface area (Å²) in [5.41, 5.74) is 1.84. The molecule has 0 spiro atoms. The van der Waals surface area contributed by atoms with E-state index in [-0.39, 0.29) is 23.3 Å². The van der Waals surface area contributed by atoms with Gasteiger partial charge in [-0.3, -0.25) is 19.3 Å². The van der Waals surface area contributed by atoms with E-state index in [0.29, 0.717) is 17.7 Å². The summed E-state index contributed by atoms with van der Waals surface area (Å²) in [6.07, 6.45) is -1.61. The maximum atomic E-state index is 13.9. The molecule has 0 radical (unpaired) electrons. The van der Waals surface area contributed by atoms with Crippen molar-refractivity contribution in [2.24, 2.45) is 23.0 Å². The number of carbonyl (C=O) groups is 3. The average Bonchev–Trinajstić information content (AvgIpc) is 2.81. The van der Waals surface area contributed by atoms with Gasteiger partial charge in [-0.05, 0) is 31.0 Å². The molecule has 212 valence electrons. The van der Waals surface area contributed by atoms with Crippen LogP contribution in [-0.2, 0) is 16.1 Å². The number of fused-ring (bicyclic) bond motifs is 3. The number of benzene rings is 1. The number of hydrogen-bond donors (Lipinski definition) is 7. The summed E-state index contributed by atoms with van der Waals surface area (Å²) < 4.78 is 0. The molecular formula is C28H37N3O8. The summed E-state index contributed by atoms with van der Waals surface area (Å²) >= 11 is 0. The van der Waals surface area contributed by atoms with Crippen molar-refractivity contribution in [3.8, 4) is 5.75 Å². The second-order valence-electron chi connectivity index (χ2n) is 12.3. The van der Waals surface area contributed by atoms with Crippen LogP contribution < -0.4 is 11.1 Å². The Morgan fingerprint density at radius 2 is 1.77 bits per heavy atom. The molecule has 1 amide bonds. The van der Waals surface area contributed by atoms with Crippen molar-refractivity contribution in [3.05, 3.63) is 51.5 Å². The third-order valence-corrected chi connectivity index (χ3v) is 8.19. The predicted octanol–water partition coefficient (Wildman–Crippen LogP) is 0.788. The van der Waals surface area contributed by atoms with E-state index >= 15 is 0 Å². The number of nitrogens with zero attached hydrogens (tertiary/aromatic N) is 1. The highest BCUT2D eigenvalue weighted by atomic mass is 16.4. The van der Waals surface area contributed by atoms with Gasteiger partial charge in [-0.15, -0.1) is 0 Å². The first-order valence-corrected chi connectivity index (χ1v) is 12.8. The van der Waals surface area contributed by atoms with E-state index in [2.05, 4.69) is 5.32 Å². The van der Waals surface area contributed by atoms with Crippen LogP contribution in [0.1, 0.15) is 55.1 Å². The van der Waals surface area contributed by atoms with Crippen molar-refractivity contribution in [2.45, 2.75) is 57.9 Å². The number of rotatable bonds is 5. The number of nitrogens with two attached hydrogens (primary N) is 1. The van der Waals surface area contributed by atoms with Gasteiger partial charge < -0.3 is 36.6 Å². The summed E-state index contributed by atoms with van der Waals surface area (Å²) in [5.74, 6) is -8.91. The van der Waals surface area contributed by atoms with Crippen molar-refractivity contribution < 1.29 is 39.9 Å². The first-order valence-electron chi connectivity index (χ1n) is 12.8. The number of likely N-dealkylation sites (N-methyl/N-ethyl adjacent to an activating group) is 1. The fraction of sp³-hybridized carbons (Fsp3) is 0.536. The fourth-order valence-corrected chi connectivity index (χ4v) is 6.38. The van der Waals surface area contributed by atoms with Crippen LogP contribution in [0.15, 0.2) is 34.8 Å². The number of carbonyl (C=O) groups excluding carboxylic acids is 3. The van der Waals surface area contributed by atoms with E-state index < -0.39 is 75.6 Å². The molecule has 11 nitrogen and oxygen atoms in total. The number of aromatic hydroxyl groups is 1. The molecule has 11 heteroatoms. The smallest absolute Gasteiger partial charge is 0.255 e. The first kappa shape index (κ1) is 28.8. The lowest BCUT2D eigenvalue weighted by molar-refractivity contribution is -0.162. The Morgan fingerprint density at radius 1 is 1.15 bits per heavy atom. The van der Waals surface area contributed by atoms with E-state index in [1.165, 1.54) is 19.0 Å². The summed E-state index contributed by atoms with van der Waals surface area (Å²) in [6.45, 7) is 8.74. The Hall–Kier alpha value is -3.25. The third-order valence-electron chi connectivity index (χ3n) is 8.19. The largest absolute Gasteiger partial charge is 0.510 e. The molecule has 8 N–H and O–H groups in total. The highest BCUT2D eigenvalue weighted by Gasteiger charge is 2.67. The SMILES string of the molecule is C[C@@H]1c2ccc(CNCC(C)(C)C)c(O)c2C(=O)C2=C(O)[C@@]3(O)C(=O)C(C(N)=O)=C(O)[C@H](N(C)C)[C@H]3[C@H](O)[C@H]21. The van der Waals surface area contributed by atoms with Crippen molar-refractivity contribution >= 4 is 17.5 Å². The molecule has 0 bridgehead atoms. The number of hydrogen-bond acceptors (Lipinski definition) is 10. The molecule has 1 aromatic rings. The van der Waals surface area contributed by atoms with Crippen LogP contribution in [0, 0.1) is 17.3 Å². The van der Waals surface area contributed by atoms with Crippen LogP contribution in [0.4, 0.5) is 0 Å². The van der Waals surface area contributed by atoms with Crippen molar-refractivity contribution in [2.75, 3.05) is 20.6 Å². The minimum absolute atomic E-state index is 0.0220. The number of Topliss-reactive ketones (excluding diaryl/α,β-unsaturated/α-hetero) is 2. The lowest BCUT2D eigenvalue weighted by atomic mass is 9.55. The molecule has 0 unspecified atom stereocenters. The second-order valence-corrected chi connectivity index (χ2v) is 12.3. The van der Waals surface area contributed by atoms with Gasteiger partial charge in [0, 0.05) is 30.1 Å². The summed E-state index contributed by atoms with van der Waals surface area (Å²) in [7, 11) is 2.99. The van der Waals surface area contributed by atoms with E-state index in [9.17, 15) is 39.9 Å². The Kier molecular flexibility index (Phi) is 6.96. The molecular weight excluding hydrogens is 506 g/mol. The Balaban J connectivity index is 1.90. The highest BCUT2D eigenvalue weighted by molar-refractivity contribution is 6.25. The van der Waals surface area contributed by atoms with Crippen molar-refractivity contribution in [3.63, 3.8) is 0 Å². The fourth-order valence-electron chi connectivity index (χ4n) is 6.38. The quantitative estimate of drug-likeness (QED) is 0.261. The van der Waals surface area contributed by atoms with Gasteiger partial charge in [-0.1, -0.05) is 39.8 Å². The van der Waals surface area contributed by atoms with E-state index in [1.54, 1.807) is 19.1 Å². The number of phenolic OH excluding ortho intramolecular Hbond substituents is 1. The number of phenols is 1. The lowest BCUT2D eigenvalue weighted by Crippen LogP contribution is -2.68. The number of primary amides is 1. The van der Waals surface area contributed by atoms with Gasteiger partial charge in [-0.2, -0.15) is 0 Å². The zero-order valence-corrected chi connectivity index (χ0v) is 22.9. The molecule has 0 saturated heterocycles. The second kappa shape index (κ2) is 9.44. The molecule has 0 fully saturated rings. The molecule has 1 aromatic carbocycles. The van der Waals surface area contributed by atoms with Gasteiger partial charge in [-0.25, -0.2) is 0 Å². The summed E-state index contributed by atoms with van der Waals surface area (Å²) in [6, 6.07) is 2.08. The molecule has 4 rings (SSSR count). The Morgan fingerprint density at radius 3 is 2.31 bits per heavy atom.